The van der Waals surface area contributed by atoms with E-state index in [4.69, 9.17) is 23.2 Å². The van der Waals surface area contributed by atoms with E-state index in [-0.39, 0.29) is 11.8 Å². The Bertz CT molecular complexity index is 905. The number of pyridine rings is 1. The number of halogens is 2. The quantitative estimate of drug-likeness (QED) is 0.545. The van der Waals surface area contributed by atoms with Gasteiger partial charge in [0.1, 0.15) is 5.01 Å². The second-order valence-corrected chi connectivity index (χ2v) is 8.52. The van der Waals surface area contributed by atoms with Crippen LogP contribution >= 0.6 is 46.3 Å². The van der Waals surface area contributed by atoms with Gasteiger partial charge in [0.05, 0.1) is 10.7 Å². The minimum absolute atomic E-state index is 0.125. The van der Waals surface area contributed by atoms with Crippen LogP contribution in [0.5, 0.6) is 0 Å². The first kappa shape index (κ1) is 19.1. The van der Waals surface area contributed by atoms with Crippen molar-refractivity contribution in [1.29, 1.82) is 0 Å². The maximum absolute atomic E-state index is 12.4. The summed E-state index contributed by atoms with van der Waals surface area (Å²) in [5.74, 6) is 0.221. The van der Waals surface area contributed by atoms with Gasteiger partial charge in [0.25, 0.3) is 0 Å². The van der Waals surface area contributed by atoms with Crippen LogP contribution in [-0.2, 0) is 4.79 Å². The van der Waals surface area contributed by atoms with Gasteiger partial charge in [0.2, 0.25) is 5.91 Å². The van der Waals surface area contributed by atoms with Gasteiger partial charge >= 0.3 is 0 Å². The molecule has 0 spiro atoms. The molecule has 5 nitrogen and oxygen atoms in total. The molecule has 1 atom stereocenters. The minimum atomic E-state index is -0.233. The Morgan fingerprint density at radius 3 is 2.77 bits per heavy atom. The zero-order valence-corrected chi connectivity index (χ0v) is 16.8. The fourth-order valence-corrected chi connectivity index (χ4v) is 4.24. The summed E-state index contributed by atoms with van der Waals surface area (Å²) in [6.45, 7) is 1.85. The lowest BCUT2D eigenvalue weighted by Gasteiger charge is -2.12. The van der Waals surface area contributed by atoms with Crippen molar-refractivity contribution in [2.75, 3.05) is 11.1 Å². The Hall–Kier alpha value is -1.67. The number of benzene rings is 1. The van der Waals surface area contributed by atoms with Gasteiger partial charge < -0.3 is 5.32 Å². The molecule has 1 amide bonds. The number of rotatable bonds is 6. The molecule has 0 radical (unpaired) electrons. The van der Waals surface area contributed by atoms with E-state index in [1.165, 1.54) is 23.1 Å². The first-order valence-electron chi connectivity index (χ1n) is 7.65. The molecule has 1 N–H and O–H groups in total. The number of carbonyl (C=O) groups excluding carboxylic acids is 1. The first-order valence-corrected chi connectivity index (χ1v) is 10.2. The lowest BCUT2D eigenvalue weighted by molar-refractivity contribution is -0.118. The maximum Gasteiger partial charge on any atom is 0.228 e. The number of hydrogen-bond acceptors (Lipinski definition) is 6. The highest BCUT2D eigenvalue weighted by molar-refractivity contribution is 8.01. The Balaban J connectivity index is 1.57. The van der Waals surface area contributed by atoms with Crippen molar-refractivity contribution in [2.24, 2.45) is 5.92 Å². The van der Waals surface area contributed by atoms with E-state index in [9.17, 15) is 4.79 Å². The fourth-order valence-electron chi connectivity index (χ4n) is 2.00. The third-order valence-corrected chi connectivity index (χ3v) is 6.35. The minimum Gasteiger partial charge on any atom is -0.324 e. The highest BCUT2D eigenvalue weighted by Crippen LogP contribution is 2.30. The van der Waals surface area contributed by atoms with Crippen molar-refractivity contribution < 1.29 is 4.79 Å². The average Bonchev–Trinajstić information content (AvgIpc) is 3.12. The van der Waals surface area contributed by atoms with E-state index < -0.39 is 0 Å². The highest BCUT2D eigenvalue weighted by atomic mass is 35.5. The number of anilines is 1. The number of nitrogens with one attached hydrogen (secondary N) is 1. The highest BCUT2D eigenvalue weighted by Gasteiger charge is 2.16. The second kappa shape index (κ2) is 8.81. The van der Waals surface area contributed by atoms with Crippen LogP contribution in [0.25, 0.3) is 10.6 Å². The Kier molecular flexibility index (Phi) is 6.48. The van der Waals surface area contributed by atoms with Crippen LogP contribution in [0.2, 0.25) is 10.0 Å². The third-order valence-electron chi connectivity index (χ3n) is 3.42. The van der Waals surface area contributed by atoms with Crippen LogP contribution in [0, 0.1) is 5.92 Å². The summed E-state index contributed by atoms with van der Waals surface area (Å²) in [6.07, 6.45) is 3.44. The number of hydrogen-bond donors (Lipinski definition) is 1. The summed E-state index contributed by atoms with van der Waals surface area (Å²) in [5.41, 5.74) is 1.49. The molecule has 3 rings (SSSR count). The summed E-state index contributed by atoms with van der Waals surface area (Å²) in [5, 5.41) is 13.0. The summed E-state index contributed by atoms with van der Waals surface area (Å²) in [7, 11) is 0. The standard InChI is InChI=1S/C17H14Cl2N4OS2/c1-10(15(24)21-14-8-12(18)2-3-13(14)19)9-25-17-23-22-16(26-17)11-4-6-20-7-5-11/h2-8,10H,9H2,1H3,(H,21,24). The number of amides is 1. The van der Waals surface area contributed by atoms with Gasteiger partial charge in [-0.2, -0.15) is 0 Å². The van der Waals surface area contributed by atoms with Gasteiger partial charge in [-0.3, -0.25) is 9.78 Å². The molecule has 0 aliphatic heterocycles. The third kappa shape index (κ3) is 4.94. The summed E-state index contributed by atoms with van der Waals surface area (Å²) in [4.78, 5) is 16.3. The van der Waals surface area contributed by atoms with Crippen molar-refractivity contribution in [3.05, 3.63) is 52.8 Å². The van der Waals surface area contributed by atoms with Gasteiger partial charge in [0, 0.05) is 34.7 Å². The van der Waals surface area contributed by atoms with Gasteiger partial charge in [-0.05, 0) is 30.3 Å². The molecule has 0 saturated carbocycles. The Morgan fingerprint density at radius 1 is 1.23 bits per heavy atom. The summed E-state index contributed by atoms with van der Waals surface area (Å²) < 4.78 is 0.817. The molecule has 0 aliphatic rings. The zero-order chi connectivity index (χ0) is 18.5. The molecule has 1 aromatic carbocycles. The van der Waals surface area contributed by atoms with Crippen LogP contribution in [0.15, 0.2) is 47.1 Å². The van der Waals surface area contributed by atoms with E-state index >= 15 is 0 Å². The molecule has 0 saturated heterocycles. The largest absolute Gasteiger partial charge is 0.324 e. The lowest BCUT2D eigenvalue weighted by Crippen LogP contribution is -2.22. The molecule has 3 aromatic rings. The van der Waals surface area contributed by atoms with Crippen LogP contribution < -0.4 is 5.32 Å². The van der Waals surface area contributed by atoms with E-state index in [2.05, 4.69) is 20.5 Å². The molecular weight excluding hydrogens is 411 g/mol. The maximum atomic E-state index is 12.4. The van der Waals surface area contributed by atoms with Crippen LogP contribution in [-0.4, -0.2) is 26.8 Å². The molecule has 0 aliphatic carbocycles. The molecule has 0 bridgehead atoms. The van der Waals surface area contributed by atoms with E-state index in [0.717, 1.165) is 14.9 Å². The molecule has 134 valence electrons. The molecular formula is C17H14Cl2N4OS2. The van der Waals surface area contributed by atoms with Crippen LogP contribution in [0.1, 0.15) is 6.92 Å². The van der Waals surface area contributed by atoms with Crippen molar-refractivity contribution in [3.63, 3.8) is 0 Å². The number of aromatic nitrogens is 3. The van der Waals surface area contributed by atoms with E-state index in [1.807, 2.05) is 19.1 Å². The Labute approximate surface area is 169 Å². The van der Waals surface area contributed by atoms with Crippen LogP contribution in [0.4, 0.5) is 5.69 Å². The van der Waals surface area contributed by atoms with Gasteiger partial charge in [-0.15, -0.1) is 10.2 Å². The van der Waals surface area contributed by atoms with Crippen molar-refractivity contribution in [1.82, 2.24) is 15.2 Å². The molecule has 2 heterocycles. The van der Waals surface area contributed by atoms with Crippen molar-refractivity contribution in [3.8, 4) is 10.6 Å². The predicted molar refractivity (Wildman–Crippen MR) is 108 cm³/mol. The van der Waals surface area contributed by atoms with Gasteiger partial charge in [-0.25, -0.2) is 0 Å². The molecule has 26 heavy (non-hydrogen) atoms. The van der Waals surface area contributed by atoms with Gasteiger partial charge in [0.15, 0.2) is 4.34 Å². The monoisotopic (exact) mass is 424 g/mol. The second-order valence-electron chi connectivity index (χ2n) is 5.43. The number of carbonyl (C=O) groups is 1. The number of thioether (sulfide) groups is 1. The van der Waals surface area contributed by atoms with E-state index in [1.54, 1.807) is 30.6 Å². The van der Waals surface area contributed by atoms with E-state index in [0.29, 0.717) is 21.5 Å². The topological polar surface area (TPSA) is 67.8 Å². The Morgan fingerprint density at radius 2 is 2.00 bits per heavy atom. The SMILES string of the molecule is CC(CSc1nnc(-c2ccncc2)s1)C(=O)Nc1cc(Cl)ccc1Cl. The molecule has 2 aromatic heterocycles. The summed E-state index contributed by atoms with van der Waals surface area (Å²) in [6, 6.07) is 8.74. The van der Waals surface area contributed by atoms with Crippen molar-refractivity contribution in [2.45, 2.75) is 11.3 Å². The smallest absolute Gasteiger partial charge is 0.228 e. The fraction of sp³-hybridized carbons (Fsp3) is 0.176. The summed E-state index contributed by atoms with van der Waals surface area (Å²) >= 11 is 15.0. The normalized spacial score (nSPS) is 12.0. The van der Waals surface area contributed by atoms with Crippen LogP contribution in [0.3, 0.4) is 0 Å². The predicted octanol–water partition coefficient (Wildman–Crippen LogP) is 5.27. The van der Waals surface area contributed by atoms with Gasteiger partial charge in [-0.1, -0.05) is 53.2 Å². The average molecular weight is 425 g/mol. The van der Waals surface area contributed by atoms with Crippen molar-refractivity contribution >= 4 is 57.9 Å². The molecule has 0 fully saturated rings. The molecule has 9 heteroatoms. The zero-order valence-electron chi connectivity index (χ0n) is 13.6. The first-order chi connectivity index (χ1) is 12.5. The number of nitrogens with zero attached hydrogens (tertiary/aromatic N) is 3. The lowest BCUT2D eigenvalue weighted by atomic mass is 10.2. The molecule has 1 unspecified atom stereocenters.